The molecule has 2 N–H and O–H groups in total. The SMILES string of the molecule is O=C(CNc1ccccc1)NN=Cc1c(Cl)cccc1Cl. The number of hydrazone groups is 1. The Morgan fingerprint density at radius 3 is 2.38 bits per heavy atom. The van der Waals surface area contributed by atoms with Crippen molar-refractivity contribution in [3.8, 4) is 0 Å². The molecule has 6 heteroatoms. The van der Waals surface area contributed by atoms with Crippen molar-refractivity contribution in [2.24, 2.45) is 5.10 Å². The summed E-state index contributed by atoms with van der Waals surface area (Å²) in [5.74, 6) is -0.265. The molecule has 0 saturated carbocycles. The van der Waals surface area contributed by atoms with E-state index in [-0.39, 0.29) is 12.5 Å². The number of nitrogens with one attached hydrogen (secondary N) is 2. The second-order valence-corrected chi connectivity index (χ2v) is 4.96. The zero-order chi connectivity index (χ0) is 15.1. The van der Waals surface area contributed by atoms with Gasteiger partial charge in [0.1, 0.15) is 0 Å². The molecule has 2 aromatic rings. The van der Waals surface area contributed by atoms with Crippen molar-refractivity contribution in [3.05, 3.63) is 64.1 Å². The summed E-state index contributed by atoms with van der Waals surface area (Å²) in [5, 5.41) is 7.77. The summed E-state index contributed by atoms with van der Waals surface area (Å²) in [6.07, 6.45) is 1.42. The van der Waals surface area contributed by atoms with E-state index in [1.807, 2.05) is 30.3 Å². The molecule has 0 aliphatic rings. The molecule has 0 spiro atoms. The van der Waals surface area contributed by atoms with Crippen molar-refractivity contribution in [2.75, 3.05) is 11.9 Å². The Hall–Kier alpha value is -2.04. The number of carbonyl (C=O) groups is 1. The number of hydrogen-bond donors (Lipinski definition) is 2. The van der Waals surface area contributed by atoms with Gasteiger partial charge < -0.3 is 5.32 Å². The van der Waals surface area contributed by atoms with Crippen LogP contribution in [-0.2, 0) is 4.79 Å². The first kappa shape index (κ1) is 15.4. The molecule has 1 amide bonds. The summed E-state index contributed by atoms with van der Waals surface area (Å²) in [6, 6.07) is 14.6. The molecule has 0 aliphatic carbocycles. The van der Waals surface area contributed by atoms with Gasteiger partial charge >= 0.3 is 0 Å². The topological polar surface area (TPSA) is 53.5 Å². The van der Waals surface area contributed by atoms with Crippen LogP contribution in [0.2, 0.25) is 10.0 Å². The fourth-order valence-corrected chi connectivity index (χ4v) is 2.08. The fourth-order valence-electron chi connectivity index (χ4n) is 1.58. The second kappa shape index (κ2) is 7.67. The minimum Gasteiger partial charge on any atom is -0.376 e. The summed E-state index contributed by atoms with van der Waals surface area (Å²) < 4.78 is 0. The average Bonchev–Trinajstić information content (AvgIpc) is 2.49. The van der Waals surface area contributed by atoms with Gasteiger partial charge in [-0.15, -0.1) is 0 Å². The molecule has 21 heavy (non-hydrogen) atoms. The van der Waals surface area contributed by atoms with Crippen LogP contribution in [0, 0.1) is 0 Å². The summed E-state index contributed by atoms with van der Waals surface area (Å²) in [5.41, 5.74) is 3.84. The molecule has 0 bridgehead atoms. The van der Waals surface area contributed by atoms with E-state index in [0.717, 1.165) is 5.69 Å². The van der Waals surface area contributed by atoms with Crippen LogP contribution in [0.1, 0.15) is 5.56 Å². The Labute approximate surface area is 132 Å². The molecule has 0 saturated heterocycles. The summed E-state index contributed by atoms with van der Waals surface area (Å²) in [4.78, 5) is 11.6. The van der Waals surface area contributed by atoms with Gasteiger partial charge in [-0.2, -0.15) is 5.10 Å². The number of carbonyl (C=O) groups excluding carboxylic acids is 1. The number of nitrogens with zero attached hydrogens (tertiary/aromatic N) is 1. The van der Waals surface area contributed by atoms with Crippen molar-refractivity contribution in [2.45, 2.75) is 0 Å². The molecule has 108 valence electrons. The van der Waals surface area contributed by atoms with E-state index < -0.39 is 0 Å². The Balaban J connectivity index is 1.85. The normalized spacial score (nSPS) is 10.6. The van der Waals surface area contributed by atoms with E-state index in [0.29, 0.717) is 15.6 Å². The highest BCUT2D eigenvalue weighted by Gasteiger charge is 2.03. The third-order valence-electron chi connectivity index (χ3n) is 2.61. The number of para-hydroxylation sites is 1. The van der Waals surface area contributed by atoms with Gasteiger partial charge in [-0.05, 0) is 24.3 Å². The maximum absolute atomic E-state index is 11.6. The standard InChI is InChI=1S/C15H13Cl2N3O/c16-13-7-4-8-14(17)12(13)9-19-20-15(21)10-18-11-5-2-1-3-6-11/h1-9,18H,10H2,(H,20,21). The third-order valence-corrected chi connectivity index (χ3v) is 3.27. The molecule has 0 aromatic heterocycles. The summed E-state index contributed by atoms with van der Waals surface area (Å²) in [7, 11) is 0. The molecule has 4 nitrogen and oxygen atoms in total. The minimum atomic E-state index is -0.265. The van der Waals surface area contributed by atoms with Gasteiger partial charge in [-0.3, -0.25) is 4.79 Å². The Morgan fingerprint density at radius 1 is 1.05 bits per heavy atom. The van der Waals surface area contributed by atoms with E-state index in [9.17, 15) is 4.79 Å². The van der Waals surface area contributed by atoms with Crippen molar-refractivity contribution >= 4 is 41.0 Å². The van der Waals surface area contributed by atoms with Gasteiger partial charge in [0, 0.05) is 11.3 Å². The Morgan fingerprint density at radius 2 is 1.71 bits per heavy atom. The van der Waals surface area contributed by atoms with Gasteiger partial charge in [0.05, 0.1) is 22.8 Å². The van der Waals surface area contributed by atoms with Crippen LogP contribution in [0.3, 0.4) is 0 Å². The lowest BCUT2D eigenvalue weighted by atomic mass is 10.2. The second-order valence-electron chi connectivity index (χ2n) is 4.15. The summed E-state index contributed by atoms with van der Waals surface area (Å²) >= 11 is 12.0. The van der Waals surface area contributed by atoms with E-state index in [1.165, 1.54) is 6.21 Å². The lowest BCUT2D eigenvalue weighted by Crippen LogP contribution is -2.25. The number of anilines is 1. The van der Waals surface area contributed by atoms with Crippen LogP contribution in [0.4, 0.5) is 5.69 Å². The van der Waals surface area contributed by atoms with Gasteiger partial charge in [0.25, 0.3) is 5.91 Å². The van der Waals surface area contributed by atoms with Crippen molar-refractivity contribution in [1.29, 1.82) is 0 Å². The first-order valence-corrected chi connectivity index (χ1v) is 6.97. The maximum atomic E-state index is 11.6. The van der Waals surface area contributed by atoms with Gasteiger partial charge in [-0.25, -0.2) is 5.43 Å². The number of benzene rings is 2. The van der Waals surface area contributed by atoms with Crippen LogP contribution in [0.25, 0.3) is 0 Å². The number of halogens is 2. The van der Waals surface area contributed by atoms with E-state index in [2.05, 4.69) is 15.8 Å². The van der Waals surface area contributed by atoms with Crippen LogP contribution >= 0.6 is 23.2 Å². The smallest absolute Gasteiger partial charge is 0.259 e. The molecule has 2 rings (SSSR count). The van der Waals surface area contributed by atoms with Crippen LogP contribution in [0.5, 0.6) is 0 Å². The lowest BCUT2D eigenvalue weighted by molar-refractivity contribution is -0.119. The van der Waals surface area contributed by atoms with E-state index in [1.54, 1.807) is 18.2 Å². The molecule has 0 aliphatic heterocycles. The fraction of sp³-hybridized carbons (Fsp3) is 0.0667. The molecule has 2 aromatic carbocycles. The highest BCUT2D eigenvalue weighted by Crippen LogP contribution is 2.21. The van der Waals surface area contributed by atoms with Crippen molar-refractivity contribution in [3.63, 3.8) is 0 Å². The molecular formula is C15H13Cl2N3O. The lowest BCUT2D eigenvalue weighted by Gasteiger charge is -2.04. The quantitative estimate of drug-likeness (QED) is 0.653. The average molecular weight is 322 g/mol. The first-order chi connectivity index (χ1) is 10.2. The minimum absolute atomic E-state index is 0.123. The Bertz CT molecular complexity index is 624. The monoisotopic (exact) mass is 321 g/mol. The van der Waals surface area contributed by atoms with Crippen LogP contribution in [-0.4, -0.2) is 18.7 Å². The number of amides is 1. The van der Waals surface area contributed by atoms with Crippen molar-refractivity contribution in [1.82, 2.24) is 5.43 Å². The molecule has 0 radical (unpaired) electrons. The predicted octanol–water partition coefficient (Wildman–Crippen LogP) is 3.56. The highest BCUT2D eigenvalue weighted by atomic mass is 35.5. The Kier molecular flexibility index (Phi) is 5.60. The maximum Gasteiger partial charge on any atom is 0.259 e. The number of rotatable bonds is 5. The summed E-state index contributed by atoms with van der Waals surface area (Å²) in [6.45, 7) is 0.123. The molecule has 0 unspecified atom stereocenters. The zero-order valence-electron chi connectivity index (χ0n) is 11.0. The van der Waals surface area contributed by atoms with Gasteiger partial charge in [-0.1, -0.05) is 47.5 Å². The van der Waals surface area contributed by atoms with Gasteiger partial charge in [0.15, 0.2) is 0 Å². The third kappa shape index (κ3) is 4.77. The van der Waals surface area contributed by atoms with Crippen molar-refractivity contribution < 1.29 is 4.79 Å². The number of hydrogen-bond acceptors (Lipinski definition) is 3. The van der Waals surface area contributed by atoms with E-state index in [4.69, 9.17) is 23.2 Å². The highest BCUT2D eigenvalue weighted by molar-refractivity contribution is 6.38. The largest absolute Gasteiger partial charge is 0.376 e. The van der Waals surface area contributed by atoms with Crippen LogP contribution in [0.15, 0.2) is 53.6 Å². The first-order valence-electron chi connectivity index (χ1n) is 6.21. The van der Waals surface area contributed by atoms with Crippen LogP contribution < -0.4 is 10.7 Å². The zero-order valence-corrected chi connectivity index (χ0v) is 12.5. The predicted molar refractivity (Wildman–Crippen MR) is 87.1 cm³/mol. The molecule has 0 atom stereocenters. The molecule has 0 fully saturated rings. The molecular weight excluding hydrogens is 309 g/mol. The van der Waals surface area contributed by atoms with E-state index >= 15 is 0 Å². The van der Waals surface area contributed by atoms with Gasteiger partial charge in [0.2, 0.25) is 0 Å². The molecule has 0 heterocycles.